The van der Waals surface area contributed by atoms with Gasteiger partial charge < -0.3 is 15.0 Å². The predicted octanol–water partition coefficient (Wildman–Crippen LogP) is 4.04. The topological polar surface area (TPSA) is 41.6 Å². The third-order valence-corrected chi connectivity index (χ3v) is 4.16. The number of benzene rings is 1. The maximum absolute atomic E-state index is 12.5. The molecule has 1 heterocycles. The fourth-order valence-electron chi connectivity index (χ4n) is 3.12. The molecule has 0 fully saturated rings. The maximum Gasteiger partial charge on any atom is 0.410 e. The Bertz CT molecular complexity index is 549. The van der Waals surface area contributed by atoms with Gasteiger partial charge in [0.15, 0.2) is 0 Å². The number of rotatable bonds is 4. The summed E-state index contributed by atoms with van der Waals surface area (Å²) in [5.41, 5.74) is 3.49. The first-order chi connectivity index (χ1) is 10.9. The highest BCUT2D eigenvalue weighted by Crippen LogP contribution is 2.33. The van der Waals surface area contributed by atoms with Gasteiger partial charge in [0.2, 0.25) is 0 Å². The molecule has 1 aliphatic heterocycles. The van der Waals surface area contributed by atoms with Gasteiger partial charge in [0.05, 0.1) is 6.04 Å². The van der Waals surface area contributed by atoms with Crippen LogP contribution in [0.4, 0.5) is 4.79 Å². The Kier molecular flexibility index (Phi) is 5.69. The Hall–Kier alpha value is -1.55. The lowest BCUT2D eigenvalue weighted by Crippen LogP contribution is -2.42. The molecule has 0 aromatic heterocycles. The first kappa shape index (κ1) is 17.8. The monoisotopic (exact) mass is 318 g/mol. The fourth-order valence-corrected chi connectivity index (χ4v) is 3.12. The van der Waals surface area contributed by atoms with Crippen LogP contribution in [0.25, 0.3) is 0 Å². The molecular weight excluding hydrogens is 288 g/mol. The fraction of sp³-hybridized carbons (Fsp3) is 0.632. The van der Waals surface area contributed by atoms with E-state index in [9.17, 15) is 4.79 Å². The molecule has 1 aromatic rings. The van der Waals surface area contributed by atoms with Gasteiger partial charge in [0.1, 0.15) is 5.60 Å². The van der Waals surface area contributed by atoms with E-state index in [1.807, 2.05) is 25.7 Å². The van der Waals surface area contributed by atoms with Crippen LogP contribution in [0.1, 0.15) is 63.8 Å². The first-order valence-corrected chi connectivity index (χ1v) is 8.67. The van der Waals surface area contributed by atoms with Crippen molar-refractivity contribution in [3.05, 3.63) is 34.9 Å². The number of ether oxygens (including phenoxy) is 1. The van der Waals surface area contributed by atoms with Crippen LogP contribution < -0.4 is 5.32 Å². The molecule has 0 bridgehead atoms. The van der Waals surface area contributed by atoms with Gasteiger partial charge in [-0.3, -0.25) is 0 Å². The van der Waals surface area contributed by atoms with Crippen LogP contribution in [0.5, 0.6) is 0 Å². The van der Waals surface area contributed by atoms with Crippen molar-refractivity contribution in [2.75, 3.05) is 13.1 Å². The van der Waals surface area contributed by atoms with Crippen LogP contribution in [0.15, 0.2) is 18.2 Å². The molecule has 1 atom stereocenters. The number of hydrogen-bond acceptors (Lipinski definition) is 3. The summed E-state index contributed by atoms with van der Waals surface area (Å²) in [6.07, 6.45) is 1.59. The number of amides is 1. The second kappa shape index (κ2) is 7.35. The normalized spacial score (nSPS) is 17.8. The quantitative estimate of drug-likeness (QED) is 0.911. The van der Waals surface area contributed by atoms with Crippen molar-refractivity contribution in [2.24, 2.45) is 0 Å². The molecule has 0 radical (unpaired) electrons. The molecule has 1 aromatic carbocycles. The molecular formula is C19H30N2O2. The van der Waals surface area contributed by atoms with Crippen LogP contribution in [0.3, 0.4) is 0 Å². The predicted molar refractivity (Wildman–Crippen MR) is 93.5 cm³/mol. The smallest absolute Gasteiger partial charge is 0.410 e. The summed E-state index contributed by atoms with van der Waals surface area (Å²) in [5, 5.41) is 3.36. The molecule has 0 saturated carbocycles. The van der Waals surface area contributed by atoms with E-state index in [-0.39, 0.29) is 12.1 Å². The van der Waals surface area contributed by atoms with Crippen LogP contribution in [0, 0.1) is 0 Å². The summed E-state index contributed by atoms with van der Waals surface area (Å²) >= 11 is 0. The molecule has 1 aliphatic rings. The van der Waals surface area contributed by atoms with Crippen molar-refractivity contribution < 1.29 is 9.53 Å². The van der Waals surface area contributed by atoms with Crippen LogP contribution in [-0.2, 0) is 17.7 Å². The second-order valence-corrected chi connectivity index (χ2v) is 7.16. The standard InChI is InChI=1S/C19H30N2O2/c1-6-17-16-9-8-14(13-20-7-2)12-15(16)10-11-21(17)18(22)23-19(3,4)5/h8-9,12,17,20H,6-7,10-11,13H2,1-5H3. The minimum atomic E-state index is -0.453. The number of hydrogen-bond donors (Lipinski definition) is 1. The highest BCUT2D eigenvalue weighted by atomic mass is 16.6. The number of nitrogens with one attached hydrogen (secondary N) is 1. The van der Waals surface area contributed by atoms with E-state index in [1.54, 1.807) is 0 Å². The van der Waals surface area contributed by atoms with Gasteiger partial charge in [0, 0.05) is 13.1 Å². The Balaban J connectivity index is 2.19. The zero-order chi connectivity index (χ0) is 17.0. The van der Waals surface area contributed by atoms with E-state index in [2.05, 4.69) is 37.4 Å². The van der Waals surface area contributed by atoms with Gasteiger partial charge in [-0.25, -0.2) is 4.79 Å². The minimum absolute atomic E-state index is 0.113. The molecule has 0 aliphatic carbocycles. The van der Waals surface area contributed by atoms with Crippen molar-refractivity contribution in [2.45, 2.75) is 65.6 Å². The molecule has 1 N–H and O–H groups in total. The van der Waals surface area contributed by atoms with E-state index < -0.39 is 5.60 Å². The second-order valence-electron chi connectivity index (χ2n) is 7.16. The zero-order valence-electron chi connectivity index (χ0n) is 15.1. The average Bonchev–Trinajstić information content (AvgIpc) is 2.49. The zero-order valence-corrected chi connectivity index (χ0v) is 15.1. The van der Waals surface area contributed by atoms with Gasteiger partial charge in [-0.1, -0.05) is 32.0 Å². The molecule has 2 rings (SSSR count). The van der Waals surface area contributed by atoms with Crippen LogP contribution in [-0.4, -0.2) is 29.7 Å². The largest absolute Gasteiger partial charge is 0.444 e. The summed E-state index contributed by atoms with van der Waals surface area (Å²) in [4.78, 5) is 14.4. The molecule has 1 amide bonds. The number of fused-ring (bicyclic) bond motifs is 1. The summed E-state index contributed by atoms with van der Waals surface area (Å²) in [7, 11) is 0. The molecule has 0 saturated heterocycles. The summed E-state index contributed by atoms with van der Waals surface area (Å²) in [6, 6.07) is 6.75. The third-order valence-electron chi connectivity index (χ3n) is 4.16. The van der Waals surface area contributed by atoms with Crippen molar-refractivity contribution >= 4 is 6.09 Å². The Morgan fingerprint density at radius 3 is 2.70 bits per heavy atom. The third kappa shape index (κ3) is 4.47. The lowest BCUT2D eigenvalue weighted by molar-refractivity contribution is 0.0137. The molecule has 128 valence electrons. The van der Waals surface area contributed by atoms with E-state index in [4.69, 9.17) is 4.74 Å². The van der Waals surface area contributed by atoms with Gasteiger partial charge in [-0.2, -0.15) is 0 Å². The lowest BCUT2D eigenvalue weighted by Gasteiger charge is -2.38. The van der Waals surface area contributed by atoms with Gasteiger partial charge in [0.25, 0.3) is 0 Å². The van der Waals surface area contributed by atoms with E-state index >= 15 is 0 Å². The van der Waals surface area contributed by atoms with Crippen molar-refractivity contribution in [1.82, 2.24) is 10.2 Å². The molecule has 23 heavy (non-hydrogen) atoms. The van der Waals surface area contributed by atoms with E-state index in [0.29, 0.717) is 0 Å². The first-order valence-electron chi connectivity index (χ1n) is 8.67. The summed E-state index contributed by atoms with van der Waals surface area (Å²) in [5.74, 6) is 0. The SMILES string of the molecule is CCNCc1ccc2c(c1)CCN(C(=O)OC(C)(C)C)C2CC. The van der Waals surface area contributed by atoms with E-state index in [0.717, 1.165) is 32.5 Å². The summed E-state index contributed by atoms with van der Waals surface area (Å²) in [6.45, 7) is 12.6. The van der Waals surface area contributed by atoms with Gasteiger partial charge in [-0.15, -0.1) is 0 Å². The molecule has 4 nitrogen and oxygen atoms in total. The number of carbonyl (C=O) groups excluding carboxylic acids is 1. The maximum atomic E-state index is 12.5. The average molecular weight is 318 g/mol. The molecule has 0 spiro atoms. The van der Waals surface area contributed by atoms with E-state index in [1.165, 1.54) is 16.7 Å². The Morgan fingerprint density at radius 1 is 1.35 bits per heavy atom. The highest BCUT2D eigenvalue weighted by Gasteiger charge is 2.32. The minimum Gasteiger partial charge on any atom is -0.444 e. The van der Waals surface area contributed by atoms with Crippen molar-refractivity contribution in [1.29, 1.82) is 0 Å². The molecule has 1 unspecified atom stereocenters. The van der Waals surface area contributed by atoms with Crippen molar-refractivity contribution in [3.8, 4) is 0 Å². The van der Waals surface area contributed by atoms with Crippen LogP contribution >= 0.6 is 0 Å². The number of carbonyl (C=O) groups is 1. The lowest BCUT2D eigenvalue weighted by atomic mass is 9.90. The molecule has 4 heteroatoms. The van der Waals surface area contributed by atoms with Gasteiger partial charge >= 0.3 is 6.09 Å². The Labute approximate surface area is 140 Å². The number of nitrogens with zero attached hydrogens (tertiary/aromatic N) is 1. The van der Waals surface area contributed by atoms with Crippen LogP contribution in [0.2, 0.25) is 0 Å². The Morgan fingerprint density at radius 2 is 2.09 bits per heavy atom. The van der Waals surface area contributed by atoms with Crippen molar-refractivity contribution in [3.63, 3.8) is 0 Å². The highest BCUT2D eigenvalue weighted by molar-refractivity contribution is 5.69. The summed E-state index contributed by atoms with van der Waals surface area (Å²) < 4.78 is 5.58. The van der Waals surface area contributed by atoms with Gasteiger partial charge in [-0.05, 0) is 56.8 Å².